The summed E-state index contributed by atoms with van der Waals surface area (Å²) in [5, 5.41) is 3.45. The lowest BCUT2D eigenvalue weighted by Gasteiger charge is -2.18. The van der Waals surface area contributed by atoms with Gasteiger partial charge in [0.1, 0.15) is 0 Å². The Morgan fingerprint density at radius 3 is 2.77 bits per heavy atom. The number of nitrogens with zero attached hydrogens (tertiary/aromatic N) is 1. The Hall–Kier alpha value is -0.340. The summed E-state index contributed by atoms with van der Waals surface area (Å²) >= 11 is 0. The lowest BCUT2D eigenvalue weighted by molar-refractivity contribution is 0.302. The standard InChI is InChI=1S/C11H20N2/c1-9(2)6-13-7-10-3-4-12-5-11(10)8-13/h9,12H,3-8H2,1-2H3. The molecule has 0 saturated carbocycles. The van der Waals surface area contributed by atoms with Gasteiger partial charge in [-0.05, 0) is 24.5 Å². The summed E-state index contributed by atoms with van der Waals surface area (Å²) in [5.41, 5.74) is 3.39. The summed E-state index contributed by atoms with van der Waals surface area (Å²) in [7, 11) is 0. The van der Waals surface area contributed by atoms with Crippen LogP contribution in [0.4, 0.5) is 0 Å². The largest absolute Gasteiger partial charge is 0.313 e. The molecule has 74 valence electrons. The summed E-state index contributed by atoms with van der Waals surface area (Å²) < 4.78 is 0. The topological polar surface area (TPSA) is 15.3 Å². The van der Waals surface area contributed by atoms with E-state index in [0.717, 1.165) is 12.5 Å². The third-order valence-electron chi connectivity index (χ3n) is 2.89. The first kappa shape index (κ1) is 9.22. The summed E-state index contributed by atoms with van der Waals surface area (Å²) in [5.74, 6) is 0.800. The van der Waals surface area contributed by atoms with Crippen molar-refractivity contribution in [3.8, 4) is 0 Å². The highest BCUT2D eigenvalue weighted by Crippen LogP contribution is 2.22. The van der Waals surface area contributed by atoms with E-state index in [-0.39, 0.29) is 0 Å². The molecule has 1 N–H and O–H groups in total. The van der Waals surface area contributed by atoms with Gasteiger partial charge in [-0.2, -0.15) is 0 Å². The molecular formula is C11H20N2. The summed E-state index contributed by atoms with van der Waals surface area (Å²) in [4.78, 5) is 2.59. The van der Waals surface area contributed by atoms with E-state index in [1.54, 1.807) is 11.1 Å². The van der Waals surface area contributed by atoms with E-state index in [1.807, 2.05) is 0 Å². The average Bonchev–Trinajstić information content (AvgIpc) is 2.44. The van der Waals surface area contributed by atoms with Crippen molar-refractivity contribution in [1.29, 1.82) is 0 Å². The first-order chi connectivity index (χ1) is 6.25. The van der Waals surface area contributed by atoms with Crippen molar-refractivity contribution in [2.24, 2.45) is 5.92 Å². The summed E-state index contributed by atoms with van der Waals surface area (Å²) in [6.45, 7) is 10.7. The van der Waals surface area contributed by atoms with E-state index < -0.39 is 0 Å². The molecule has 2 aliphatic rings. The van der Waals surface area contributed by atoms with Gasteiger partial charge in [0, 0.05) is 26.2 Å². The van der Waals surface area contributed by atoms with Crippen LogP contribution in [0.5, 0.6) is 0 Å². The van der Waals surface area contributed by atoms with Crippen LogP contribution < -0.4 is 5.32 Å². The normalized spacial score (nSPS) is 24.2. The van der Waals surface area contributed by atoms with Crippen molar-refractivity contribution in [2.75, 3.05) is 32.7 Å². The Bertz CT molecular complexity index is 200. The van der Waals surface area contributed by atoms with Gasteiger partial charge >= 0.3 is 0 Å². The summed E-state index contributed by atoms with van der Waals surface area (Å²) in [6.07, 6.45) is 1.28. The average molecular weight is 180 g/mol. The van der Waals surface area contributed by atoms with Crippen LogP contribution in [0.1, 0.15) is 20.3 Å². The number of nitrogens with one attached hydrogen (secondary N) is 1. The van der Waals surface area contributed by atoms with E-state index in [9.17, 15) is 0 Å². The van der Waals surface area contributed by atoms with Crippen molar-refractivity contribution < 1.29 is 0 Å². The van der Waals surface area contributed by atoms with Crippen molar-refractivity contribution >= 4 is 0 Å². The van der Waals surface area contributed by atoms with Crippen LogP contribution in [0.3, 0.4) is 0 Å². The zero-order valence-corrected chi connectivity index (χ0v) is 8.77. The zero-order chi connectivity index (χ0) is 9.26. The SMILES string of the molecule is CC(C)CN1CC2=C(CNCC2)C1. The Balaban J connectivity index is 1.90. The molecule has 0 spiro atoms. The quantitative estimate of drug-likeness (QED) is 0.643. The lowest BCUT2D eigenvalue weighted by Crippen LogP contribution is -2.27. The molecule has 2 aliphatic heterocycles. The smallest absolute Gasteiger partial charge is 0.0212 e. The van der Waals surface area contributed by atoms with Crippen LogP contribution in [-0.4, -0.2) is 37.6 Å². The molecule has 0 atom stereocenters. The molecule has 0 saturated heterocycles. The first-order valence-electron chi connectivity index (χ1n) is 5.38. The second-order valence-electron chi connectivity index (χ2n) is 4.70. The van der Waals surface area contributed by atoms with Gasteiger partial charge in [0.05, 0.1) is 0 Å². The van der Waals surface area contributed by atoms with Crippen LogP contribution in [0.15, 0.2) is 11.1 Å². The van der Waals surface area contributed by atoms with Crippen LogP contribution in [-0.2, 0) is 0 Å². The second kappa shape index (κ2) is 3.81. The van der Waals surface area contributed by atoms with Gasteiger partial charge in [0.15, 0.2) is 0 Å². The van der Waals surface area contributed by atoms with Gasteiger partial charge < -0.3 is 5.32 Å². The molecule has 0 aromatic rings. The minimum Gasteiger partial charge on any atom is -0.313 e. The molecule has 0 bridgehead atoms. The maximum Gasteiger partial charge on any atom is 0.0212 e. The molecule has 2 heteroatoms. The van der Waals surface area contributed by atoms with Crippen LogP contribution in [0.25, 0.3) is 0 Å². The van der Waals surface area contributed by atoms with Crippen molar-refractivity contribution in [3.63, 3.8) is 0 Å². The molecule has 2 nitrogen and oxygen atoms in total. The molecule has 0 fully saturated rings. The maximum absolute atomic E-state index is 3.45. The third kappa shape index (κ3) is 2.12. The molecule has 2 rings (SSSR count). The number of rotatable bonds is 2. The van der Waals surface area contributed by atoms with E-state index in [0.29, 0.717) is 0 Å². The molecule has 0 radical (unpaired) electrons. The fourth-order valence-corrected chi connectivity index (χ4v) is 2.38. The van der Waals surface area contributed by atoms with Gasteiger partial charge in [0.2, 0.25) is 0 Å². The Kier molecular flexibility index (Phi) is 2.70. The minimum atomic E-state index is 0.800. The van der Waals surface area contributed by atoms with Crippen molar-refractivity contribution in [1.82, 2.24) is 10.2 Å². The van der Waals surface area contributed by atoms with Gasteiger partial charge in [0.25, 0.3) is 0 Å². The molecule has 2 heterocycles. The lowest BCUT2D eigenvalue weighted by atomic mass is 10.1. The van der Waals surface area contributed by atoms with Gasteiger partial charge in [-0.3, -0.25) is 4.90 Å². The molecule has 0 aromatic carbocycles. The highest BCUT2D eigenvalue weighted by Gasteiger charge is 2.23. The molecular weight excluding hydrogens is 160 g/mol. The first-order valence-corrected chi connectivity index (χ1v) is 5.38. The molecule has 0 aromatic heterocycles. The molecule has 0 amide bonds. The zero-order valence-electron chi connectivity index (χ0n) is 8.77. The Labute approximate surface area is 81.0 Å². The van der Waals surface area contributed by atoms with E-state index in [2.05, 4.69) is 24.1 Å². The molecule has 0 aliphatic carbocycles. The van der Waals surface area contributed by atoms with E-state index in [4.69, 9.17) is 0 Å². The maximum atomic E-state index is 3.45. The van der Waals surface area contributed by atoms with E-state index in [1.165, 1.54) is 32.6 Å². The van der Waals surface area contributed by atoms with Crippen molar-refractivity contribution in [2.45, 2.75) is 20.3 Å². The predicted octanol–water partition coefficient (Wildman–Crippen LogP) is 1.25. The van der Waals surface area contributed by atoms with Gasteiger partial charge in [-0.15, -0.1) is 0 Å². The number of hydrogen-bond donors (Lipinski definition) is 1. The van der Waals surface area contributed by atoms with Crippen LogP contribution in [0, 0.1) is 5.92 Å². The molecule has 0 unspecified atom stereocenters. The highest BCUT2D eigenvalue weighted by atomic mass is 15.1. The summed E-state index contributed by atoms with van der Waals surface area (Å²) in [6, 6.07) is 0. The van der Waals surface area contributed by atoms with Crippen LogP contribution in [0.2, 0.25) is 0 Å². The second-order valence-corrected chi connectivity index (χ2v) is 4.70. The molecule has 13 heavy (non-hydrogen) atoms. The number of hydrogen-bond acceptors (Lipinski definition) is 2. The Morgan fingerprint density at radius 1 is 1.31 bits per heavy atom. The predicted molar refractivity (Wildman–Crippen MR) is 55.8 cm³/mol. The van der Waals surface area contributed by atoms with Crippen LogP contribution >= 0.6 is 0 Å². The third-order valence-corrected chi connectivity index (χ3v) is 2.89. The fraction of sp³-hybridized carbons (Fsp3) is 0.818. The van der Waals surface area contributed by atoms with Gasteiger partial charge in [-0.25, -0.2) is 0 Å². The van der Waals surface area contributed by atoms with Gasteiger partial charge in [-0.1, -0.05) is 19.4 Å². The minimum absolute atomic E-state index is 0.800. The van der Waals surface area contributed by atoms with E-state index >= 15 is 0 Å². The monoisotopic (exact) mass is 180 g/mol. The van der Waals surface area contributed by atoms with Crippen molar-refractivity contribution in [3.05, 3.63) is 11.1 Å². The fourth-order valence-electron chi connectivity index (χ4n) is 2.38. The Morgan fingerprint density at radius 2 is 2.08 bits per heavy atom. The highest BCUT2D eigenvalue weighted by molar-refractivity contribution is 5.26.